The lowest BCUT2D eigenvalue weighted by Gasteiger charge is -2.32. The van der Waals surface area contributed by atoms with Gasteiger partial charge in [0.05, 0.1) is 11.3 Å². The average molecular weight is 379 g/mol. The molecule has 0 spiro atoms. The zero-order valence-corrected chi connectivity index (χ0v) is 16.5. The molecule has 1 heterocycles. The monoisotopic (exact) mass is 379 g/mol. The summed E-state index contributed by atoms with van der Waals surface area (Å²) in [7, 11) is 0. The fourth-order valence-electron chi connectivity index (χ4n) is 3.54. The van der Waals surface area contributed by atoms with Crippen LogP contribution in [0.2, 0.25) is 0 Å². The van der Waals surface area contributed by atoms with Gasteiger partial charge < -0.3 is 4.74 Å². The highest BCUT2D eigenvalue weighted by molar-refractivity contribution is 5.90. The van der Waals surface area contributed by atoms with E-state index in [2.05, 4.69) is 49.1 Å². The number of aromatic nitrogens is 1. The smallest absolute Gasteiger partial charge is 0.352 e. The van der Waals surface area contributed by atoms with Crippen LogP contribution in [0.5, 0.6) is 0 Å². The summed E-state index contributed by atoms with van der Waals surface area (Å²) in [5.41, 5.74) is 5.78. The highest BCUT2D eigenvalue weighted by atomic mass is 16.5. The Morgan fingerprint density at radius 2 is 1.83 bits per heavy atom. The Balaban J connectivity index is 1.64. The molecule has 0 amide bonds. The van der Waals surface area contributed by atoms with Gasteiger partial charge in [-0.2, -0.15) is 0 Å². The summed E-state index contributed by atoms with van der Waals surface area (Å²) in [5, 5.41) is 0. The summed E-state index contributed by atoms with van der Waals surface area (Å²) >= 11 is 0. The SMILES string of the molecule is CC1(C)CC=C(c2ccccn2)c2cc(C#COC(=O)c3ccccc3)ccc21. The number of nitrogens with zero attached hydrogens (tertiary/aromatic N) is 1. The quantitative estimate of drug-likeness (QED) is 0.444. The molecule has 0 bridgehead atoms. The number of benzene rings is 2. The van der Waals surface area contributed by atoms with Crippen LogP contribution in [0.15, 0.2) is 79.0 Å². The first-order valence-electron chi connectivity index (χ1n) is 9.58. The summed E-state index contributed by atoms with van der Waals surface area (Å²) in [4.78, 5) is 16.6. The Morgan fingerprint density at radius 3 is 2.59 bits per heavy atom. The second-order valence-corrected chi connectivity index (χ2v) is 7.66. The van der Waals surface area contributed by atoms with E-state index >= 15 is 0 Å². The van der Waals surface area contributed by atoms with Gasteiger partial charge in [0.1, 0.15) is 6.11 Å². The topological polar surface area (TPSA) is 39.2 Å². The van der Waals surface area contributed by atoms with E-state index in [1.807, 2.05) is 36.5 Å². The number of pyridine rings is 1. The molecule has 1 aliphatic rings. The Hall–Kier alpha value is -3.64. The van der Waals surface area contributed by atoms with Crippen LogP contribution in [0.25, 0.3) is 5.57 Å². The number of ether oxygens (including phenoxy) is 1. The van der Waals surface area contributed by atoms with Crippen molar-refractivity contribution in [2.24, 2.45) is 0 Å². The van der Waals surface area contributed by atoms with Crippen LogP contribution in [-0.4, -0.2) is 11.0 Å². The molecule has 1 aliphatic carbocycles. The molecule has 0 saturated heterocycles. The Morgan fingerprint density at radius 1 is 1.03 bits per heavy atom. The molecule has 0 atom stereocenters. The van der Waals surface area contributed by atoms with E-state index < -0.39 is 5.97 Å². The molecule has 0 unspecified atom stereocenters. The first kappa shape index (κ1) is 18.7. The third kappa shape index (κ3) is 3.97. The molecule has 0 radical (unpaired) electrons. The first-order valence-corrected chi connectivity index (χ1v) is 9.58. The van der Waals surface area contributed by atoms with E-state index in [9.17, 15) is 4.79 Å². The maximum absolute atomic E-state index is 12.0. The highest BCUT2D eigenvalue weighted by Gasteiger charge is 2.28. The number of fused-ring (bicyclic) bond motifs is 1. The summed E-state index contributed by atoms with van der Waals surface area (Å²) in [6, 6.07) is 20.9. The number of hydrogen-bond acceptors (Lipinski definition) is 3. The lowest BCUT2D eigenvalue weighted by Crippen LogP contribution is -2.22. The van der Waals surface area contributed by atoms with Gasteiger partial charge in [0.2, 0.25) is 0 Å². The summed E-state index contributed by atoms with van der Waals surface area (Å²) in [6.07, 6.45) is 7.55. The van der Waals surface area contributed by atoms with E-state index in [4.69, 9.17) is 4.74 Å². The minimum atomic E-state index is -0.453. The lowest BCUT2D eigenvalue weighted by molar-refractivity contribution is 0.0690. The minimum absolute atomic E-state index is 0.0410. The molecule has 2 aromatic carbocycles. The third-order valence-corrected chi connectivity index (χ3v) is 5.14. The van der Waals surface area contributed by atoms with Crippen molar-refractivity contribution in [1.29, 1.82) is 0 Å². The van der Waals surface area contributed by atoms with E-state index in [-0.39, 0.29) is 5.41 Å². The zero-order valence-electron chi connectivity index (χ0n) is 16.5. The van der Waals surface area contributed by atoms with Gasteiger partial charge in [-0.1, -0.05) is 50.3 Å². The van der Waals surface area contributed by atoms with Crippen LogP contribution >= 0.6 is 0 Å². The molecule has 142 valence electrons. The molecule has 3 nitrogen and oxygen atoms in total. The van der Waals surface area contributed by atoms with E-state index in [1.165, 1.54) is 5.56 Å². The average Bonchev–Trinajstić information content (AvgIpc) is 2.75. The summed E-state index contributed by atoms with van der Waals surface area (Å²) < 4.78 is 5.10. The molecule has 0 aliphatic heterocycles. The van der Waals surface area contributed by atoms with Gasteiger partial charge in [0, 0.05) is 17.3 Å². The van der Waals surface area contributed by atoms with E-state index in [0.29, 0.717) is 5.56 Å². The van der Waals surface area contributed by atoms with E-state index in [1.54, 1.807) is 24.3 Å². The number of carbonyl (C=O) groups is 1. The molecular formula is C26H21NO2. The number of carbonyl (C=O) groups excluding carboxylic acids is 1. The standard InChI is InChI=1S/C26H21NO2/c1-26(2)15-13-21(24-10-6-7-16-27-24)22-18-19(11-12-23(22)26)14-17-29-25(28)20-8-4-3-5-9-20/h3-13,16,18H,15H2,1-2H3. The summed E-state index contributed by atoms with van der Waals surface area (Å²) in [5.74, 6) is 2.50. The van der Waals surface area contributed by atoms with Crippen molar-refractivity contribution in [3.8, 4) is 12.0 Å². The normalized spacial score (nSPS) is 14.1. The number of rotatable bonds is 2. The molecular weight excluding hydrogens is 358 g/mol. The largest absolute Gasteiger partial charge is 0.368 e. The Bertz CT molecular complexity index is 1130. The predicted molar refractivity (Wildman–Crippen MR) is 114 cm³/mol. The second kappa shape index (κ2) is 7.77. The molecule has 4 rings (SSSR count). The first-order chi connectivity index (χ1) is 14.0. The zero-order chi connectivity index (χ0) is 20.3. The molecule has 1 aromatic heterocycles. The number of hydrogen-bond donors (Lipinski definition) is 0. The predicted octanol–water partition coefficient (Wildman–Crippen LogP) is 5.36. The van der Waals surface area contributed by atoms with Gasteiger partial charge in [-0.3, -0.25) is 4.98 Å². The maximum atomic E-state index is 12.0. The van der Waals surface area contributed by atoms with Crippen molar-refractivity contribution in [1.82, 2.24) is 4.98 Å². The maximum Gasteiger partial charge on any atom is 0.352 e. The third-order valence-electron chi connectivity index (χ3n) is 5.14. The van der Waals surface area contributed by atoms with Crippen LogP contribution < -0.4 is 0 Å². The van der Waals surface area contributed by atoms with Crippen LogP contribution in [0.3, 0.4) is 0 Å². The van der Waals surface area contributed by atoms with Crippen molar-refractivity contribution in [2.45, 2.75) is 25.7 Å². The van der Waals surface area contributed by atoms with Crippen molar-refractivity contribution in [2.75, 3.05) is 0 Å². The minimum Gasteiger partial charge on any atom is -0.368 e. The number of allylic oxidation sites excluding steroid dienone is 1. The molecule has 3 heteroatoms. The van der Waals surface area contributed by atoms with Crippen LogP contribution in [0, 0.1) is 12.0 Å². The molecule has 3 aromatic rings. The summed E-state index contributed by atoms with van der Waals surface area (Å²) in [6.45, 7) is 4.48. The lowest BCUT2D eigenvalue weighted by atomic mass is 9.72. The second-order valence-electron chi connectivity index (χ2n) is 7.66. The Kier molecular flexibility index (Phi) is 5.01. The van der Waals surface area contributed by atoms with Crippen molar-refractivity contribution in [3.05, 3.63) is 107 Å². The van der Waals surface area contributed by atoms with Gasteiger partial charge in [-0.05, 0) is 65.3 Å². The molecule has 0 N–H and O–H groups in total. The van der Waals surface area contributed by atoms with E-state index in [0.717, 1.165) is 28.8 Å². The molecule has 0 fully saturated rings. The van der Waals surface area contributed by atoms with Gasteiger partial charge >= 0.3 is 5.97 Å². The van der Waals surface area contributed by atoms with Crippen molar-refractivity contribution < 1.29 is 9.53 Å². The van der Waals surface area contributed by atoms with Crippen LogP contribution in [0.4, 0.5) is 0 Å². The van der Waals surface area contributed by atoms with Crippen molar-refractivity contribution in [3.63, 3.8) is 0 Å². The van der Waals surface area contributed by atoms with Gasteiger partial charge in [-0.15, -0.1) is 0 Å². The Labute approximate surface area is 171 Å². The highest BCUT2D eigenvalue weighted by Crippen LogP contribution is 2.41. The van der Waals surface area contributed by atoms with Gasteiger partial charge in [0.15, 0.2) is 0 Å². The van der Waals surface area contributed by atoms with Gasteiger partial charge in [0.25, 0.3) is 0 Å². The van der Waals surface area contributed by atoms with Crippen molar-refractivity contribution >= 4 is 11.5 Å². The van der Waals surface area contributed by atoms with Crippen LogP contribution in [0.1, 0.15) is 53.0 Å². The van der Waals surface area contributed by atoms with Gasteiger partial charge in [-0.25, -0.2) is 4.79 Å². The fourth-order valence-corrected chi connectivity index (χ4v) is 3.54. The van der Waals surface area contributed by atoms with Crippen LogP contribution in [-0.2, 0) is 10.2 Å². The molecule has 29 heavy (non-hydrogen) atoms. The molecule has 0 saturated carbocycles. The number of esters is 1. The fraction of sp³-hybridized carbons (Fsp3) is 0.154.